The summed E-state index contributed by atoms with van der Waals surface area (Å²) in [6, 6.07) is 10.8. The second kappa shape index (κ2) is 4.34. The molecule has 2 aromatic rings. The zero-order valence-electron chi connectivity index (χ0n) is 10.6. The number of aromatic nitrogens is 1. The molecule has 1 heterocycles. The van der Waals surface area contributed by atoms with E-state index >= 15 is 0 Å². The molecule has 0 radical (unpaired) electrons. The first-order valence-corrected chi connectivity index (χ1v) is 6.50. The van der Waals surface area contributed by atoms with Gasteiger partial charge in [0.2, 0.25) is 0 Å². The molecule has 1 N–H and O–H groups in total. The molecule has 0 amide bonds. The summed E-state index contributed by atoms with van der Waals surface area (Å²) in [5.74, 6) is 0. The van der Waals surface area contributed by atoms with Crippen LogP contribution in [0, 0.1) is 18.3 Å². The van der Waals surface area contributed by atoms with Crippen LogP contribution in [-0.2, 0) is 12.8 Å². The van der Waals surface area contributed by atoms with Crippen molar-refractivity contribution in [3.05, 3.63) is 46.6 Å². The van der Waals surface area contributed by atoms with Crippen LogP contribution in [0.3, 0.4) is 0 Å². The Labute approximate surface area is 107 Å². The lowest BCUT2D eigenvalue weighted by Gasteiger charge is -2.16. The average molecular weight is 236 g/mol. The maximum atomic E-state index is 9.00. The van der Waals surface area contributed by atoms with Gasteiger partial charge in [-0.05, 0) is 61.4 Å². The van der Waals surface area contributed by atoms with Crippen LogP contribution in [0.1, 0.15) is 35.2 Å². The summed E-state index contributed by atoms with van der Waals surface area (Å²) in [5.41, 5.74) is 6.91. The molecular formula is C16H16N2. The van der Waals surface area contributed by atoms with Crippen molar-refractivity contribution in [3.63, 3.8) is 0 Å². The number of aromatic amines is 1. The number of nitrogens with zero attached hydrogens (tertiary/aromatic N) is 1. The molecule has 18 heavy (non-hydrogen) atoms. The number of rotatable bonds is 1. The molecule has 90 valence electrons. The van der Waals surface area contributed by atoms with Gasteiger partial charge in [-0.15, -0.1) is 0 Å². The van der Waals surface area contributed by atoms with Gasteiger partial charge >= 0.3 is 0 Å². The molecule has 1 aromatic heterocycles. The Balaban J connectivity index is 2.04. The molecule has 0 spiro atoms. The van der Waals surface area contributed by atoms with Crippen LogP contribution < -0.4 is 0 Å². The number of hydrogen-bond donors (Lipinski definition) is 1. The van der Waals surface area contributed by atoms with Gasteiger partial charge in [0, 0.05) is 11.4 Å². The Bertz CT molecular complexity index is 629. The molecule has 1 aliphatic rings. The summed E-state index contributed by atoms with van der Waals surface area (Å²) in [5, 5.41) is 9.00. The predicted octanol–water partition coefficient (Wildman–Crippen LogP) is 3.74. The Morgan fingerprint density at radius 2 is 1.89 bits per heavy atom. The number of fused-ring (bicyclic) bond motifs is 1. The van der Waals surface area contributed by atoms with Crippen LogP contribution in [0.25, 0.3) is 11.3 Å². The molecule has 3 rings (SSSR count). The van der Waals surface area contributed by atoms with Gasteiger partial charge in [0.15, 0.2) is 0 Å². The quantitative estimate of drug-likeness (QED) is 0.805. The smallest absolute Gasteiger partial charge is 0.101 e. The molecule has 0 aliphatic heterocycles. The molecule has 0 saturated heterocycles. The van der Waals surface area contributed by atoms with Gasteiger partial charge in [-0.25, -0.2) is 0 Å². The van der Waals surface area contributed by atoms with Gasteiger partial charge in [-0.3, -0.25) is 0 Å². The summed E-state index contributed by atoms with van der Waals surface area (Å²) >= 11 is 0. The zero-order valence-corrected chi connectivity index (χ0v) is 10.6. The van der Waals surface area contributed by atoms with Crippen molar-refractivity contribution < 1.29 is 0 Å². The van der Waals surface area contributed by atoms with Crippen molar-refractivity contribution >= 4 is 0 Å². The summed E-state index contributed by atoms with van der Waals surface area (Å²) in [4.78, 5) is 3.30. The molecule has 0 fully saturated rings. The molecule has 1 aromatic carbocycles. The Hall–Kier alpha value is -2.01. The van der Waals surface area contributed by atoms with E-state index in [1.165, 1.54) is 42.4 Å². The molecule has 0 unspecified atom stereocenters. The number of hydrogen-bond acceptors (Lipinski definition) is 1. The highest BCUT2D eigenvalue weighted by Gasteiger charge is 2.11. The standard InChI is InChI=1S/C16H16N2/c1-11-15(10-17)9-16(18-11)14-7-6-12-4-2-3-5-13(12)8-14/h6-9,18H,2-5H2,1H3. The Kier molecular flexibility index (Phi) is 2.68. The molecule has 1 aliphatic carbocycles. The minimum atomic E-state index is 0.739. The van der Waals surface area contributed by atoms with Crippen molar-refractivity contribution in [2.24, 2.45) is 0 Å². The van der Waals surface area contributed by atoms with Crippen molar-refractivity contribution in [1.29, 1.82) is 5.26 Å². The van der Waals surface area contributed by atoms with Crippen molar-refractivity contribution in [2.45, 2.75) is 32.6 Å². The third kappa shape index (κ3) is 1.82. The van der Waals surface area contributed by atoms with Gasteiger partial charge in [0.05, 0.1) is 5.56 Å². The molecule has 0 atom stereocenters. The fraction of sp³-hybridized carbons (Fsp3) is 0.312. The number of nitrogens with one attached hydrogen (secondary N) is 1. The Morgan fingerprint density at radius 3 is 2.61 bits per heavy atom. The van der Waals surface area contributed by atoms with Gasteiger partial charge in [-0.2, -0.15) is 5.26 Å². The van der Waals surface area contributed by atoms with E-state index in [0.29, 0.717) is 0 Å². The van der Waals surface area contributed by atoms with E-state index in [4.69, 9.17) is 5.26 Å². The Morgan fingerprint density at radius 1 is 1.11 bits per heavy atom. The summed E-state index contributed by atoms with van der Waals surface area (Å²) in [6.45, 7) is 1.94. The topological polar surface area (TPSA) is 39.6 Å². The van der Waals surface area contributed by atoms with E-state index in [0.717, 1.165) is 17.0 Å². The SMILES string of the molecule is Cc1[nH]c(-c2ccc3c(c2)CCCC3)cc1C#N. The minimum Gasteiger partial charge on any atom is -0.358 e. The number of aryl methyl sites for hydroxylation is 3. The third-order valence-corrected chi connectivity index (χ3v) is 3.79. The van der Waals surface area contributed by atoms with Crippen LogP contribution in [0.4, 0.5) is 0 Å². The van der Waals surface area contributed by atoms with Gasteiger partial charge in [-0.1, -0.05) is 12.1 Å². The maximum absolute atomic E-state index is 9.00. The number of H-pyrrole nitrogens is 1. The molecule has 0 saturated carbocycles. The lowest BCUT2D eigenvalue weighted by molar-refractivity contribution is 0.686. The van der Waals surface area contributed by atoms with E-state index in [9.17, 15) is 0 Å². The largest absolute Gasteiger partial charge is 0.358 e. The molecule has 2 nitrogen and oxygen atoms in total. The van der Waals surface area contributed by atoms with Gasteiger partial charge in [0.25, 0.3) is 0 Å². The highest BCUT2D eigenvalue weighted by Crippen LogP contribution is 2.28. The van der Waals surface area contributed by atoms with Gasteiger partial charge in [0.1, 0.15) is 6.07 Å². The van der Waals surface area contributed by atoms with Crippen LogP contribution in [0.5, 0.6) is 0 Å². The van der Waals surface area contributed by atoms with Crippen molar-refractivity contribution in [2.75, 3.05) is 0 Å². The number of nitriles is 1. The van der Waals surface area contributed by atoms with Crippen molar-refractivity contribution in [3.8, 4) is 17.3 Å². The van der Waals surface area contributed by atoms with E-state index in [-0.39, 0.29) is 0 Å². The minimum absolute atomic E-state index is 0.739. The van der Waals surface area contributed by atoms with Gasteiger partial charge < -0.3 is 4.98 Å². The number of benzene rings is 1. The first kappa shape index (κ1) is 11.1. The zero-order chi connectivity index (χ0) is 12.5. The van der Waals surface area contributed by atoms with Crippen LogP contribution in [0.2, 0.25) is 0 Å². The van der Waals surface area contributed by atoms with E-state index in [1.54, 1.807) is 0 Å². The van der Waals surface area contributed by atoms with E-state index in [2.05, 4.69) is 29.3 Å². The van der Waals surface area contributed by atoms with Crippen LogP contribution in [0.15, 0.2) is 24.3 Å². The predicted molar refractivity (Wildman–Crippen MR) is 72.3 cm³/mol. The summed E-state index contributed by atoms with van der Waals surface area (Å²) in [6.07, 6.45) is 5.01. The second-order valence-electron chi connectivity index (χ2n) is 5.02. The van der Waals surface area contributed by atoms with Crippen molar-refractivity contribution in [1.82, 2.24) is 4.98 Å². The lowest BCUT2D eigenvalue weighted by atomic mass is 9.90. The first-order chi connectivity index (χ1) is 8.78. The van der Waals surface area contributed by atoms with Crippen LogP contribution in [-0.4, -0.2) is 4.98 Å². The fourth-order valence-corrected chi connectivity index (χ4v) is 2.73. The third-order valence-electron chi connectivity index (χ3n) is 3.79. The van der Waals surface area contributed by atoms with E-state index < -0.39 is 0 Å². The molecule has 0 bridgehead atoms. The molecule has 2 heteroatoms. The monoisotopic (exact) mass is 236 g/mol. The average Bonchev–Trinajstić information content (AvgIpc) is 2.79. The highest BCUT2D eigenvalue weighted by molar-refractivity contribution is 5.64. The maximum Gasteiger partial charge on any atom is 0.101 e. The highest BCUT2D eigenvalue weighted by atomic mass is 14.7. The normalized spacial score (nSPS) is 14.0. The summed E-state index contributed by atoms with van der Waals surface area (Å²) < 4.78 is 0. The molecular weight excluding hydrogens is 220 g/mol. The van der Waals surface area contributed by atoms with Crippen LogP contribution >= 0.6 is 0 Å². The second-order valence-corrected chi connectivity index (χ2v) is 5.02. The lowest BCUT2D eigenvalue weighted by Crippen LogP contribution is -2.02. The van der Waals surface area contributed by atoms with E-state index in [1.807, 2.05) is 13.0 Å². The summed E-state index contributed by atoms with van der Waals surface area (Å²) in [7, 11) is 0. The first-order valence-electron chi connectivity index (χ1n) is 6.50. The fourth-order valence-electron chi connectivity index (χ4n) is 2.73.